The summed E-state index contributed by atoms with van der Waals surface area (Å²) in [6.07, 6.45) is 9.51. The Morgan fingerprint density at radius 3 is 1.73 bits per heavy atom. The Hall–Kier alpha value is -3.62. The van der Waals surface area contributed by atoms with Gasteiger partial charge < -0.3 is 11.5 Å². The summed E-state index contributed by atoms with van der Waals surface area (Å²) in [7, 11) is 1.50. The van der Waals surface area contributed by atoms with Crippen molar-refractivity contribution in [2.24, 2.45) is 11.5 Å². The van der Waals surface area contributed by atoms with E-state index in [0.29, 0.717) is 0 Å². The molecule has 3 aromatic carbocycles. The van der Waals surface area contributed by atoms with E-state index in [1.165, 1.54) is 23.7 Å². The van der Waals surface area contributed by atoms with Crippen LogP contribution in [-0.4, -0.2) is 7.05 Å². The molecule has 0 heterocycles. The first-order chi connectivity index (χ1) is 16.1. The summed E-state index contributed by atoms with van der Waals surface area (Å²) in [5, 5.41) is 0. The van der Waals surface area contributed by atoms with Crippen molar-refractivity contribution < 1.29 is 0 Å². The monoisotopic (exact) mass is 436 g/mol. The van der Waals surface area contributed by atoms with Gasteiger partial charge in [0.15, 0.2) is 0 Å². The second-order valence-corrected chi connectivity index (χ2v) is 7.57. The van der Waals surface area contributed by atoms with Crippen LogP contribution < -0.4 is 11.5 Å². The van der Waals surface area contributed by atoms with E-state index in [-0.39, 0.29) is 5.92 Å². The normalized spacial score (nSPS) is 11.9. The lowest BCUT2D eigenvalue weighted by molar-refractivity contribution is 1.02. The van der Waals surface area contributed by atoms with Gasteiger partial charge in [0.05, 0.1) is 0 Å². The quantitative estimate of drug-likeness (QED) is 0.363. The van der Waals surface area contributed by atoms with E-state index in [4.69, 9.17) is 5.73 Å². The van der Waals surface area contributed by atoms with Gasteiger partial charge in [0.2, 0.25) is 0 Å². The second-order valence-electron chi connectivity index (χ2n) is 7.57. The molecule has 33 heavy (non-hydrogen) atoms. The minimum Gasteiger partial charge on any atom is -0.398 e. The summed E-state index contributed by atoms with van der Waals surface area (Å²) < 4.78 is 0. The number of hydrogen-bond acceptors (Lipinski definition) is 2. The topological polar surface area (TPSA) is 52.0 Å². The van der Waals surface area contributed by atoms with Crippen molar-refractivity contribution in [3.05, 3.63) is 144 Å². The summed E-state index contributed by atoms with van der Waals surface area (Å²) in [5.41, 5.74) is 18.7. The molecule has 0 unspecified atom stereocenters. The molecule has 0 aliphatic heterocycles. The third kappa shape index (κ3) is 7.48. The number of nitrogens with two attached hydrogens (primary N) is 2. The van der Waals surface area contributed by atoms with Gasteiger partial charge in [-0.3, -0.25) is 0 Å². The Bertz CT molecular complexity index is 1030. The third-order valence-electron chi connectivity index (χ3n) is 5.53. The van der Waals surface area contributed by atoms with Crippen LogP contribution in [0.4, 0.5) is 0 Å². The van der Waals surface area contributed by atoms with Crippen LogP contribution in [0.15, 0.2) is 121 Å². The van der Waals surface area contributed by atoms with Crippen LogP contribution in [0.25, 0.3) is 11.3 Å². The first kappa shape index (κ1) is 25.6. The molecule has 3 rings (SSSR count). The Kier molecular flexibility index (Phi) is 10.7. The molecule has 2 nitrogen and oxygen atoms in total. The lowest BCUT2D eigenvalue weighted by Crippen LogP contribution is -2.03. The van der Waals surface area contributed by atoms with Crippen LogP contribution >= 0.6 is 0 Å². The predicted molar refractivity (Wildman–Crippen MR) is 146 cm³/mol. The number of rotatable bonds is 8. The van der Waals surface area contributed by atoms with Crippen molar-refractivity contribution in [1.29, 1.82) is 0 Å². The van der Waals surface area contributed by atoms with Crippen LogP contribution in [0.2, 0.25) is 0 Å². The van der Waals surface area contributed by atoms with Crippen molar-refractivity contribution in [1.82, 2.24) is 0 Å². The molecule has 0 amide bonds. The van der Waals surface area contributed by atoms with Gasteiger partial charge in [-0.05, 0) is 54.3 Å². The van der Waals surface area contributed by atoms with E-state index in [9.17, 15) is 0 Å². The van der Waals surface area contributed by atoms with E-state index < -0.39 is 0 Å². The molecule has 0 aliphatic carbocycles. The fraction of sp³-hybridized carbons (Fsp3) is 0.161. The molecule has 2 heteroatoms. The average Bonchev–Trinajstić information content (AvgIpc) is 2.90. The summed E-state index contributed by atoms with van der Waals surface area (Å²) >= 11 is 0. The minimum absolute atomic E-state index is 0.105. The molecule has 0 fully saturated rings. The van der Waals surface area contributed by atoms with E-state index in [2.05, 4.69) is 123 Å². The third-order valence-corrected chi connectivity index (χ3v) is 5.53. The molecule has 0 saturated heterocycles. The maximum Gasteiger partial charge on any atom is 0.0356 e. The maximum atomic E-state index is 6.55. The van der Waals surface area contributed by atoms with Gasteiger partial charge in [-0.25, -0.2) is 0 Å². The zero-order chi connectivity index (χ0) is 24.1. The fourth-order valence-electron chi connectivity index (χ4n) is 3.58. The average molecular weight is 437 g/mol. The van der Waals surface area contributed by atoms with E-state index in [1.807, 2.05) is 12.1 Å². The fourth-order valence-corrected chi connectivity index (χ4v) is 3.58. The molecule has 170 valence electrons. The summed E-state index contributed by atoms with van der Waals surface area (Å²) in [5.74, 6) is 0.105. The smallest absolute Gasteiger partial charge is 0.0356 e. The molecular weight excluding hydrogens is 400 g/mol. The first-order valence-corrected chi connectivity index (χ1v) is 11.4. The SMILES string of the molecule is C=C(/C=C\C(=C/C)CC)c1ccc(/C(N)=C/C(c2ccccc2)c2ccccc2)cc1.CN. The van der Waals surface area contributed by atoms with E-state index in [1.54, 1.807) is 0 Å². The Morgan fingerprint density at radius 1 is 0.788 bits per heavy atom. The molecular formula is C31H36N2. The molecule has 3 aromatic rings. The van der Waals surface area contributed by atoms with Gasteiger partial charge in [0.1, 0.15) is 0 Å². The van der Waals surface area contributed by atoms with E-state index in [0.717, 1.165) is 28.8 Å². The summed E-state index contributed by atoms with van der Waals surface area (Å²) in [4.78, 5) is 0. The van der Waals surface area contributed by atoms with Crippen LogP contribution in [-0.2, 0) is 0 Å². The van der Waals surface area contributed by atoms with Gasteiger partial charge in [0.25, 0.3) is 0 Å². The highest BCUT2D eigenvalue weighted by Gasteiger charge is 2.12. The Balaban J connectivity index is 0.00000187. The molecule has 0 saturated carbocycles. The molecule has 0 atom stereocenters. The van der Waals surface area contributed by atoms with Gasteiger partial charge in [-0.2, -0.15) is 0 Å². The van der Waals surface area contributed by atoms with Gasteiger partial charge in [0, 0.05) is 11.6 Å². The standard InChI is InChI=1S/C30H31N.CH5N/c1-4-24(5-2)17-16-23(3)25-18-20-28(21-19-25)30(31)22-29(26-12-8-6-9-13-26)27-14-10-7-11-15-27;1-2/h4,6-22,29H,3,5,31H2,1-2H3;2H2,1H3/b17-16-,24-4-,30-22-;. The number of benzene rings is 3. The zero-order valence-electron chi connectivity index (χ0n) is 20.0. The highest BCUT2D eigenvalue weighted by atomic mass is 14.6. The number of allylic oxidation sites excluding steroid dienone is 6. The highest BCUT2D eigenvalue weighted by Crippen LogP contribution is 2.28. The van der Waals surface area contributed by atoms with Gasteiger partial charge >= 0.3 is 0 Å². The summed E-state index contributed by atoms with van der Waals surface area (Å²) in [6.45, 7) is 8.43. The van der Waals surface area contributed by atoms with Crippen LogP contribution in [0, 0.1) is 0 Å². The molecule has 0 aromatic heterocycles. The van der Waals surface area contributed by atoms with Crippen molar-refractivity contribution >= 4 is 11.3 Å². The van der Waals surface area contributed by atoms with Gasteiger partial charge in [-0.15, -0.1) is 0 Å². The first-order valence-electron chi connectivity index (χ1n) is 11.4. The van der Waals surface area contributed by atoms with Crippen LogP contribution in [0.1, 0.15) is 48.4 Å². The number of hydrogen-bond donors (Lipinski definition) is 2. The van der Waals surface area contributed by atoms with Crippen LogP contribution in [0.5, 0.6) is 0 Å². The molecule has 4 N–H and O–H groups in total. The zero-order valence-corrected chi connectivity index (χ0v) is 20.0. The molecule has 0 spiro atoms. The molecule has 0 radical (unpaired) electrons. The predicted octanol–water partition coefficient (Wildman–Crippen LogP) is 7.32. The van der Waals surface area contributed by atoms with Crippen LogP contribution in [0.3, 0.4) is 0 Å². The lowest BCUT2D eigenvalue weighted by Gasteiger charge is -2.16. The van der Waals surface area contributed by atoms with Crippen molar-refractivity contribution in [3.8, 4) is 0 Å². The lowest BCUT2D eigenvalue weighted by atomic mass is 9.89. The Morgan fingerprint density at radius 2 is 1.27 bits per heavy atom. The van der Waals surface area contributed by atoms with Crippen molar-refractivity contribution in [2.45, 2.75) is 26.2 Å². The maximum absolute atomic E-state index is 6.55. The Labute approximate surface area is 199 Å². The summed E-state index contributed by atoms with van der Waals surface area (Å²) in [6, 6.07) is 29.3. The van der Waals surface area contributed by atoms with Gasteiger partial charge in [-0.1, -0.05) is 122 Å². The van der Waals surface area contributed by atoms with E-state index >= 15 is 0 Å². The van der Waals surface area contributed by atoms with Crippen molar-refractivity contribution in [2.75, 3.05) is 7.05 Å². The largest absolute Gasteiger partial charge is 0.398 e. The highest BCUT2D eigenvalue weighted by molar-refractivity contribution is 5.74. The second kappa shape index (κ2) is 13.7. The molecule has 0 bridgehead atoms. The molecule has 0 aliphatic rings. The minimum atomic E-state index is 0.105. The van der Waals surface area contributed by atoms with Crippen molar-refractivity contribution in [3.63, 3.8) is 0 Å².